The number of likely N-dealkylation sites (N-methyl/N-ethyl adjacent to an activating group) is 1. The molecule has 4 nitrogen and oxygen atoms in total. The molecular weight excluding hydrogens is 240 g/mol. The molecule has 0 aliphatic heterocycles. The molecule has 1 aliphatic rings. The largest absolute Gasteiger partial charge is 0.334 e. The molecule has 0 radical (unpaired) electrons. The number of rotatable bonds is 7. The van der Waals surface area contributed by atoms with E-state index in [0.717, 1.165) is 19.3 Å². The van der Waals surface area contributed by atoms with Gasteiger partial charge in [-0.05, 0) is 39.2 Å². The number of ketones is 1. The van der Waals surface area contributed by atoms with E-state index in [1.807, 2.05) is 14.0 Å². The fourth-order valence-corrected chi connectivity index (χ4v) is 3.03. The SMILES string of the molecule is CCCN(CC(C)=O)C(=O)C(NC)C1CCCCC1. The minimum atomic E-state index is -0.119. The normalized spacial score (nSPS) is 18.1. The highest BCUT2D eigenvalue weighted by Crippen LogP contribution is 2.27. The maximum absolute atomic E-state index is 12.6. The minimum Gasteiger partial charge on any atom is -0.334 e. The molecule has 0 aromatic rings. The zero-order valence-electron chi connectivity index (χ0n) is 12.6. The molecule has 110 valence electrons. The number of hydrogen-bond donors (Lipinski definition) is 1. The van der Waals surface area contributed by atoms with Crippen LogP contribution < -0.4 is 5.32 Å². The van der Waals surface area contributed by atoms with Crippen molar-refractivity contribution >= 4 is 11.7 Å². The standard InChI is InChI=1S/C15H28N2O2/c1-4-10-17(11-12(2)18)15(19)14(16-3)13-8-6-5-7-9-13/h13-14,16H,4-11H2,1-3H3. The van der Waals surface area contributed by atoms with Gasteiger partial charge >= 0.3 is 0 Å². The molecule has 19 heavy (non-hydrogen) atoms. The molecule has 4 heteroatoms. The number of carbonyl (C=O) groups excluding carboxylic acids is 2. The van der Waals surface area contributed by atoms with E-state index in [-0.39, 0.29) is 24.3 Å². The van der Waals surface area contributed by atoms with Crippen LogP contribution in [-0.2, 0) is 9.59 Å². The van der Waals surface area contributed by atoms with Crippen LogP contribution in [0.2, 0.25) is 0 Å². The fourth-order valence-electron chi connectivity index (χ4n) is 3.03. The lowest BCUT2D eigenvalue weighted by Gasteiger charge is -2.33. The van der Waals surface area contributed by atoms with Crippen molar-refractivity contribution in [1.29, 1.82) is 0 Å². The van der Waals surface area contributed by atoms with Crippen LogP contribution in [0, 0.1) is 5.92 Å². The molecule has 1 aliphatic carbocycles. The number of nitrogens with one attached hydrogen (secondary N) is 1. The summed E-state index contributed by atoms with van der Waals surface area (Å²) >= 11 is 0. The lowest BCUT2D eigenvalue weighted by molar-refractivity contribution is -0.138. The summed E-state index contributed by atoms with van der Waals surface area (Å²) in [4.78, 5) is 25.6. The zero-order valence-corrected chi connectivity index (χ0v) is 12.6. The molecule has 1 unspecified atom stereocenters. The van der Waals surface area contributed by atoms with Crippen LogP contribution >= 0.6 is 0 Å². The summed E-state index contributed by atoms with van der Waals surface area (Å²) in [6.45, 7) is 4.50. The van der Waals surface area contributed by atoms with Gasteiger partial charge < -0.3 is 10.2 Å². The number of Topliss-reactive ketones (excluding diaryl/α,β-unsaturated/α-hetero) is 1. The van der Waals surface area contributed by atoms with Gasteiger partial charge in [-0.25, -0.2) is 0 Å². The first-order valence-corrected chi connectivity index (χ1v) is 7.55. The predicted molar refractivity (Wildman–Crippen MR) is 77.0 cm³/mol. The van der Waals surface area contributed by atoms with Gasteiger partial charge in [-0.15, -0.1) is 0 Å². The second-order valence-corrected chi connectivity index (χ2v) is 5.63. The summed E-state index contributed by atoms with van der Waals surface area (Å²) in [5, 5.41) is 3.18. The molecular formula is C15H28N2O2. The quantitative estimate of drug-likeness (QED) is 0.768. The summed E-state index contributed by atoms with van der Waals surface area (Å²) in [7, 11) is 1.86. The maximum atomic E-state index is 12.6. The molecule has 1 fully saturated rings. The van der Waals surface area contributed by atoms with Crippen molar-refractivity contribution < 1.29 is 9.59 Å². The summed E-state index contributed by atoms with van der Waals surface area (Å²) < 4.78 is 0. The third-order valence-electron chi connectivity index (χ3n) is 3.92. The molecule has 1 atom stereocenters. The van der Waals surface area contributed by atoms with E-state index in [1.54, 1.807) is 11.8 Å². The van der Waals surface area contributed by atoms with Crippen LogP contribution in [0.25, 0.3) is 0 Å². The second kappa shape index (κ2) is 8.31. The van der Waals surface area contributed by atoms with Crippen molar-refractivity contribution in [1.82, 2.24) is 10.2 Å². The minimum absolute atomic E-state index is 0.0558. The van der Waals surface area contributed by atoms with Crippen molar-refractivity contribution in [3.05, 3.63) is 0 Å². The van der Waals surface area contributed by atoms with E-state index in [2.05, 4.69) is 5.32 Å². The number of nitrogens with zero attached hydrogens (tertiary/aromatic N) is 1. The van der Waals surface area contributed by atoms with Gasteiger partial charge in [0.25, 0.3) is 0 Å². The molecule has 0 heterocycles. The first kappa shape index (κ1) is 16.2. The van der Waals surface area contributed by atoms with Gasteiger partial charge in [-0.3, -0.25) is 9.59 Å². The second-order valence-electron chi connectivity index (χ2n) is 5.63. The number of carbonyl (C=O) groups is 2. The lowest BCUT2D eigenvalue weighted by atomic mass is 9.83. The molecule has 0 aromatic carbocycles. The average Bonchev–Trinajstić information content (AvgIpc) is 2.39. The third kappa shape index (κ3) is 4.94. The predicted octanol–water partition coefficient (Wildman–Crippen LogP) is 1.98. The Morgan fingerprint density at radius 1 is 1.26 bits per heavy atom. The first-order valence-electron chi connectivity index (χ1n) is 7.55. The lowest BCUT2D eigenvalue weighted by Crippen LogP contribution is -2.51. The maximum Gasteiger partial charge on any atom is 0.240 e. The van der Waals surface area contributed by atoms with Crippen LogP contribution in [0.5, 0.6) is 0 Å². The molecule has 0 spiro atoms. The van der Waals surface area contributed by atoms with Crippen molar-refractivity contribution in [2.24, 2.45) is 5.92 Å². The van der Waals surface area contributed by atoms with E-state index in [9.17, 15) is 9.59 Å². The first-order chi connectivity index (χ1) is 9.10. The molecule has 0 aromatic heterocycles. The summed E-state index contributed by atoms with van der Waals surface area (Å²) in [6, 6.07) is -0.119. The van der Waals surface area contributed by atoms with Crippen molar-refractivity contribution in [2.45, 2.75) is 58.4 Å². The van der Waals surface area contributed by atoms with Crippen LogP contribution in [-0.4, -0.2) is 42.8 Å². The zero-order chi connectivity index (χ0) is 14.3. The fraction of sp³-hybridized carbons (Fsp3) is 0.867. The van der Waals surface area contributed by atoms with Gasteiger partial charge in [0.1, 0.15) is 5.78 Å². The molecule has 1 N–H and O–H groups in total. The summed E-state index contributed by atoms with van der Waals surface area (Å²) in [6.07, 6.45) is 6.86. The smallest absolute Gasteiger partial charge is 0.240 e. The van der Waals surface area contributed by atoms with Crippen LogP contribution in [0.15, 0.2) is 0 Å². The van der Waals surface area contributed by atoms with Gasteiger partial charge in [0.05, 0.1) is 12.6 Å². The van der Waals surface area contributed by atoms with E-state index in [0.29, 0.717) is 12.5 Å². The highest BCUT2D eigenvalue weighted by molar-refractivity contribution is 5.87. The topological polar surface area (TPSA) is 49.4 Å². The molecule has 0 saturated heterocycles. The molecule has 1 rings (SSSR count). The Labute approximate surface area is 116 Å². The van der Waals surface area contributed by atoms with Gasteiger partial charge in [-0.1, -0.05) is 26.2 Å². The van der Waals surface area contributed by atoms with Crippen molar-refractivity contribution in [3.63, 3.8) is 0 Å². The van der Waals surface area contributed by atoms with Crippen LogP contribution in [0.4, 0.5) is 0 Å². The number of hydrogen-bond acceptors (Lipinski definition) is 3. The van der Waals surface area contributed by atoms with Gasteiger partial charge in [0.2, 0.25) is 5.91 Å². The highest BCUT2D eigenvalue weighted by atomic mass is 16.2. The van der Waals surface area contributed by atoms with Crippen molar-refractivity contribution in [2.75, 3.05) is 20.1 Å². The number of amides is 1. The van der Waals surface area contributed by atoms with Gasteiger partial charge in [-0.2, -0.15) is 0 Å². The van der Waals surface area contributed by atoms with Crippen LogP contribution in [0.3, 0.4) is 0 Å². The Morgan fingerprint density at radius 2 is 1.89 bits per heavy atom. The molecule has 1 saturated carbocycles. The van der Waals surface area contributed by atoms with E-state index in [4.69, 9.17) is 0 Å². The van der Waals surface area contributed by atoms with Gasteiger partial charge in [0, 0.05) is 6.54 Å². The van der Waals surface area contributed by atoms with E-state index >= 15 is 0 Å². The monoisotopic (exact) mass is 268 g/mol. The Balaban J connectivity index is 2.69. The molecule has 1 amide bonds. The van der Waals surface area contributed by atoms with E-state index in [1.165, 1.54) is 19.3 Å². The van der Waals surface area contributed by atoms with E-state index < -0.39 is 0 Å². The Hall–Kier alpha value is -0.900. The highest BCUT2D eigenvalue weighted by Gasteiger charge is 2.31. The van der Waals surface area contributed by atoms with Crippen molar-refractivity contribution in [3.8, 4) is 0 Å². The molecule has 0 bridgehead atoms. The third-order valence-corrected chi connectivity index (χ3v) is 3.92. The Morgan fingerprint density at radius 3 is 2.37 bits per heavy atom. The average molecular weight is 268 g/mol. The van der Waals surface area contributed by atoms with Crippen LogP contribution in [0.1, 0.15) is 52.4 Å². The summed E-state index contributed by atoms with van der Waals surface area (Å²) in [5.74, 6) is 0.587. The van der Waals surface area contributed by atoms with Gasteiger partial charge in [0.15, 0.2) is 0 Å². The Kier molecular flexibility index (Phi) is 7.06. The Bertz CT molecular complexity index is 299. The summed E-state index contributed by atoms with van der Waals surface area (Å²) in [5.41, 5.74) is 0.